The minimum absolute atomic E-state index is 0.351. The van der Waals surface area contributed by atoms with Crippen LogP contribution in [-0.4, -0.2) is 15.2 Å². The van der Waals surface area contributed by atoms with Crippen LogP contribution < -0.4 is 5.73 Å². The summed E-state index contributed by atoms with van der Waals surface area (Å²) in [5, 5.41) is 7.52. The van der Waals surface area contributed by atoms with Crippen LogP contribution in [0.15, 0.2) is 30.5 Å². The Bertz CT molecular complexity index is 380. The number of hydrogen-bond donors (Lipinski definition) is 1. The van der Waals surface area contributed by atoms with Gasteiger partial charge in [0.25, 0.3) is 0 Å². The quantitative estimate of drug-likeness (QED) is 0.687. The summed E-state index contributed by atoms with van der Waals surface area (Å²) in [6.07, 6.45) is 1.40. The van der Waals surface area contributed by atoms with Gasteiger partial charge in [-0.3, -0.25) is 0 Å². The minimum atomic E-state index is -0.517. The lowest BCUT2D eigenvalue weighted by molar-refractivity contribution is 0.584. The van der Waals surface area contributed by atoms with Gasteiger partial charge in [0, 0.05) is 11.8 Å². The second-order valence-electron chi connectivity index (χ2n) is 2.71. The number of anilines is 1. The van der Waals surface area contributed by atoms with Crippen molar-refractivity contribution in [1.82, 2.24) is 15.2 Å². The summed E-state index contributed by atoms with van der Waals surface area (Å²) in [6.45, 7) is 0. The second kappa shape index (κ2) is 3.37. The Morgan fingerprint density at radius 3 is 2.50 bits per heavy atom. The molecule has 0 amide bonds. The van der Waals surface area contributed by atoms with Crippen LogP contribution in [0.5, 0.6) is 0 Å². The van der Waals surface area contributed by atoms with Gasteiger partial charge in [-0.15, -0.1) is 10.2 Å². The largest absolute Gasteiger partial charge is 0.382 e. The molecular formula is C9H7FN4. The molecule has 2 heterocycles. The van der Waals surface area contributed by atoms with Crippen molar-refractivity contribution in [1.29, 1.82) is 0 Å². The molecular weight excluding hydrogens is 183 g/mol. The molecule has 0 aliphatic rings. The number of nitrogens with two attached hydrogens (primary N) is 1. The van der Waals surface area contributed by atoms with Crippen molar-refractivity contribution in [3.05, 3.63) is 36.4 Å². The van der Waals surface area contributed by atoms with E-state index in [0.717, 1.165) is 0 Å². The van der Waals surface area contributed by atoms with Crippen LogP contribution in [0.3, 0.4) is 0 Å². The second-order valence-corrected chi connectivity index (χ2v) is 2.71. The minimum Gasteiger partial charge on any atom is -0.382 e. The fraction of sp³-hybridized carbons (Fsp3) is 0. The maximum absolute atomic E-state index is 12.5. The van der Waals surface area contributed by atoms with E-state index in [2.05, 4.69) is 15.2 Å². The molecule has 0 spiro atoms. The number of pyridine rings is 1. The van der Waals surface area contributed by atoms with Crippen LogP contribution in [0.25, 0.3) is 11.3 Å². The molecule has 4 nitrogen and oxygen atoms in total. The van der Waals surface area contributed by atoms with E-state index in [9.17, 15) is 4.39 Å². The van der Waals surface area contributed by atoms with Crippen molar-refractivity contribution in [3.8, 4) is 11.3 Å². The summed E-state index contributed by atoms with van der Waals surface area (Å²) in [5.74, 6) is -0.166. The Kier molecular flexibility index (Phi) is 2.06. The van der Waals surface area contributed by atoms with Crippen LogP contribution in [-0.2, 0) is 0 Å². The highest BCUT2D eigenvalue weighted by Gasteiger charge is 2.00. The summed E-state index contributed by atoms with van der Waals surface area (Å²) in [4.78, 5) is 3.51. The highest BCUT2D eigenvalue weighted by atomic mass is 19.1. The van der Waals surface area contributed by atoms with Gasteiger partial charge in [0.2, 0.25) is 5.95 Å². The average molecular weight is 190 g/mol. The Balaban J connectivity index is 2.40. The smallest absolute Gasteiger partial charge is 0.212 e. The predicted molar refractivity (Wildman–Crippen MR) is 49.6 cm³/mol. The van der Waals surface area contributed by atoms with Crippen LogP contribution in [0.1, 0.15) is 0 Å². The van der Waals surface area contributed by atoms with Crippen molar-refractivity contribution in [2.75, 3.05) is 5.73 Å². The Morgan fingerprint density at radius 2 is 1.93 bits per heavy atom. The molecule has 14 heavy (non-hydrogen) atoms. The molecule has 0 radical (unpaired) electrons. The summed E-state index contributed by atoms with van der Waals surface area (Å²) in [5.41, 5.74) is 6.70. The Hall–Kier alpha value is -2.04. The molecule has 2 rings (SSSR count). The molecule has 2 aromatic rings. The van der Waals surface area contributed by atoms with Gasteiger partial charge in [0.1, 0.15) is 5.82 Å². The van der Waals surface area contributed by atoms with Gasteiger partial charge in [-0.1, -0.05) is 0 Å². The van der Waals surface area contributed by atoms with E-state index in [1.807, 2.05) is 0 Å². The lowest BCUT2D eigenvalue weighted by Crippen LogP contribution is -1.94. The number of rotatable bonds is 1. The highest BCUT2D eigenvalue weighted by Crippen LogP contribution is 2.14. The van der Waals surface area contributed by atoms with Crippen molar-refractivity contribution < 1.29 is 4.39 Å². The zero-order valence-electron chi connectivity index (χ0n) is 7.18. The third kappa shape index (κ3) is 1.66. The van der Waals surface area contributed by atoms with Gasteiger partial charge in [0.15, 0.2) is 0 Å². The number of halogens is 1. The standard InChI is InChI=1S/C9H7FN4/c10-8-3-1-6(5-12-8)7-2-4-9(11)14-13-7/h1-5H,(H2,11,14). The number of hydrogen-bond acceptors (Lipinski definition) is 4. The fourth-order valence-corrected chi connectivity index (χ4v) is 1.02. The van der Waals surface area contributed by atoms with Gasteiger partial charge in [-0.2, -0.15) is 4.39 Å². The van der Waals surface area contributed by atoms with Crippen molar-refractivity contribution in [3.63, 3.8) is 0 Å². The first-order valence-corrected chi connectivity index (χ1v) is 3.97. The van der Waals surface area contributed by atoms with Crippen LogP contribution in [0.2, 0.25) is 0 Å². The van der Waals surface area contributed by atoms with Gasteiger partial charge < -0.3 is 5.73 Å². The zero-order valence-corrected chi connectivity index (χ0v) is 7.18. The normalized spacial score (nSPS) is 10.1. The number of aromatic nitrogens is 3. The molecule has 2 aromatic heterocycles. The fourth-order valence-electron chi connectivity index (χ4n) is 1.02. The third-order valence-corrected chi connectivity index (χ3v) is 1.71. The summed E-state index contributed by atoms with van der Waals surface area (Å²) >= 11 is 0. The van der Waals surface area contributed by atoms with Crippen LogP contribution >= 0.6 is 0 Å². The SMILES string of the molecule is Nc1ccc(-c2ccc(F)nc2)nn1. The maximum atomic E-state index is 12.5. The predicted octanol–water partition coefficient (Wildman–Crippen LogP) is 1.26. The molecule has 0 aliphatic carbocycles. The molecule has 0 saturated carbocycles. The summed E-state index contributed by atoms with van der Waals surface area (Å²) < 4.78 is 12.5. The molecule has 0 unspecified atom stereocenters. The highest BCUT2D eigenvalue weighted by molar-refractivity contribution is 5.57. The van der Waals surface area contributed by atoms with Crippen molar-refractivity contribution in [2.45, 2.75) is 0 Å². The van der Waals surface area contributed by atoms with E-state index in [4.69, 9.17) is 5.73 Å². The maximum Gasteiger partial charge on any atom is 0.212 e. The van der Waals surface area contributed by atoms with Crippen LogP contribution in [0.4, 0.5) is 10.2 Å². The average Bonchev–Trinajstić information content (AvgIpc) is 2.21. The van der Waals surface area contributed by atoms with E-state index >= 15 is 0 Å². The lowest BCUT2D eigenvalue weighted by atomic mass is 10.2. The Labute approximate surface area is 79.6 Å². The molecule has 0 aliphatic heterocycles. The zero-order chi connectivity index (χ0) is 9.97. The first-order valence-electron chi connectivity index (χ1n) is 3.97. The Morgan fingerprint density at radius 1 is 1.07 bits per heavy atom. The third-order valence-electron chi connectivity index (χ3n) is 1.71. The van der Waals surface area contributed by atoms with Crippen LogP contribution in [0, 0.1) is 5.95 Å². The first kappa shape index (κ1) is 8.55. The lowest BCUT2D eigenvalue weighted by Gasteiger charge is -1.98. The molecule has 2 N–H and O–H groups in total. The summed E-state index contributed by atoms with van der Waals surface area (Å²) in [7, 11) is 0. The molecule has 0 saturated heterocycles. The molecule has 0 aromatic carbocycles. The van der Waals surface area contributed by atoms with Crippen molar-refractivity contribution >= 4 is 5.82 Å². The van der Waals surface area contributed by atoms with E-state index < -0.39 is 5.95 Å². The molecule has 0 fully saturated rings. The molecule has 70 valence electrons. The van der Waals surface area contributed by atoms with Gasteiger partial charge in [0.05, 0.1) is 5.69 Å². The van der Waals surface area contributed by atoms with Gasteiger partial charge in [-0.25, -0.2) is 4.98 Å². The van der Waals surface area contributed by atoms with Gasteiger partial charge in [-0.05, 0) is 24.3 Å². The topological polar surface area (TPSA) is 64.7 Å². The molecule has 5 heteroatoms. The number of nitrogens with zero attached hydrogens (tertiary/aromatic N) is 3. The van der Waals surface area contributed by atoms with E-state index in [1.165, 1.54) is 12.3 Å². The molecule has 0 bridgehead atoms. The van der Waals surface area contributed by atoms with E-state index in [0.29, 0.717) is 17.1 Å². The van der Waals surface area contributed by atoms with E-state index in [1.54, 1.807) is 18.2 Å². The van der Waals surface area contributed by atoms with E-state index in [-0.39, 0.29) is 0 Å². The van der Waals surface area contributed by atoms with Gasteiger partial charge >= 0.3 is 0 Å². The monoisotopic (exact) mass is 190 g/mol. The first-order chi connectivity index (χ1) is 6.75. The summed E-state index contributed by atoms with van der Waals surface area (Å²) in [6, 6.07) is 6.19. The van der Waals surface area contributed by atoms with Crippen molar-refractivity contribution in [2.24, 2.45) is 0 Å². The molecule has 0 atom stereocenters. The number of nitrogen functional groups attached to an aromatic ring is 1.